The highest BCUT2D eigenvalue weighted by Crippen LogP contribution is 2.37. The Labute approximate surface area is 192 Å². The highest BCUT2D eigenvalue weighted by atomic mass is 19.4. The van der Waals surface area contributed by atoms with Gasteiger partial charge in [-0.15, -0.1) is 5.10 Å². The van der Waals surface area contributed by atoms with Crippen molar-refractivity contribution in [3.8, 4) is 11.3 Å². The molecule has 178 valence electrons. The Bertz CT molecular complexity index is 1310. The van der Waals surface area contributed by atoms with Gasteiger partial charge in [0, 0.05) is 24.3 Å². The molecule has 0 atom stereocenters. The first-order valence-electron chi connectivity index (χ1n) is 10.7. The van der Waals surface area contributed by atoms with Crippen molar-refractivity contribution in [3.05, 3.63) is 53.6 Å². The number of morpholine rings is 1. The second-order valence-electron chi connectivity index (χ2n) is 7.88. The smallest absolute Gasteiger partial charge is 0.390 e. The lowest BCUT2D eigenvalue weighted by Gasteiger charge is -2.28. The number of nitrogens with zero attached hydrogens (tertiary/aromatic N) is 5. The van der Waals surface area contributed by atoms with Gasteiger partial charge in [-0.1, -0.05) is 6.07 Å². The zero-order valence-corrected chi connectivity index (χ0v) is 18.2. The van der Waals surface area contributed by atoms with E-state index in [-0.39, 0.29) is 22.8 Å². The van der Waals surface area contributed by atoms with Gasteiger partial charge in [0.2, 0.25) is 0 Å². The largest absolute Gasteiger partial charge is 0.416 e. The van der Waals surface area contributed by atoms with Gasteiger partial charge in [0.15, 0.2) is 17.3 Å². The van der Waals surface area contributed by atoms with E-state index in [1.54, 1.807) is 18.6 Å². The third-order valence-corrected chi connectivity index (χ3v) is 5.81. The van der Waals surface area contributed by atoms with E-state index in [0.717, 1.165) is 6.07 Å². The number of aliphatic hydroxyl groups is 1. The van der Waals surface area contributed by atoms with Crippen molar-refractivity contribution < 1.29 is 23.0 Å². The molecule has 3 N–H and O–H groups in total. The molecule has 0 bridgehead atoms. The first-order chi connectivity index (χ1) is 16.4. The maximum atomic E-state index is 13.5. The number of aromatic amines is 1. The van der Waals surface area contributed by atoms with Crippen LogP contribution in [0.3, 0.4) is 0 Å². The number of hydrogen-bond acceptors (Lipinski definition) is 7. The summed E-state index contributed by atoms with van der Waals surface area (Å²) < 4.78 is 47.3. The minimum atomic E-state index is -4.49. The number of aromatic nitrogens is 5. The predicted molar refractivity (Wildman–Crippen MR) is 119 cm³/mol. The number of H-pyrrole nitrogens is 1. The molecule has 0 aliphatic carbocycles. The standard InChI is InChI=1S/C22H22F3N7O2/c1-13-15(22(23,24)25)3-2-4-16(13)28-21-18(11-33)29-20-14(17-10-26-12-27-17)9-19(30-32(20)21)31-5-7-34-8-6-31/h2-4,9-10,12,28,33H,5-8,11H2,1H3,(H,26,27). The molecule has 1 saturated heterocycles. The van der Waals surface area contributed by atoms with E-state index in [1.807, 2.05) is 6.07 Å². The molecule has 34 heavy (non-hydrogen) atoms. The lowest BCUT2D eigenvalue weighted by Crippen LogP contribution is -2.37. The molecule has 12 heteroatoms. The van der Waals surface area contributed by atoms with Gasteiger partial charge in [-0.25, -0.2) is 9.97 Å². The van der Waals surface area contributed by atoms with E-state index in [4.69, 9.17) is 9.84 Å². The van der Waals surface area contributed by atoms with E-state index in [0.29, 0.717) is 49.0 Å². The van der Waals surface area contributed by atoms with E-state index in [2.05, 4.69) is 25.2 Å². The fraction of sp³-hybridized carbons (Fsp3) is 0.318. The van der Waals surface area contributed by atoms with Gasteiger partial charge in [0.1, 0.15) is 5.69 Å². The average Bonchev–Trinajstić information content (AvgIpc) is 3.48. The van der Waals surface area contributed by atoms with Gasteiger partial charge in [0.25, 0.3) is 0 Å². The molecule has 0 unspecified atom stereocenters. The van der Waals surface area contributed by atoms with E-state index < -0.39 is 18.3 Å². The van der Waals surface area contributed by atoms with Crippen LogP contribution in [0.15, 0.2) is 36.8 Å². The third kappa shape index (κ3) is 3.94. The zero-order valence-electron chi connectivity index (χ0n) is 18.2. The lowest BCUT2D eigenvalue weighted by molar-refractivity contribution is -0.138. The molecule has 0 saturated carbocycles. The first-order valence-corrected chi connectivity index (χ1v) is 10.7. The summed E-state index contributed by atoms with van der Waals surface area (Å²) in [6.07, 6.45) is -1.30. The van der Waals surface area contributed by atoms with E-state index in [9.17, 15) is 18.3 Å². The summed E-state index contributed by atoms with van der Waals surface area (Å²) >= 11 is 0. The molecule has 1 fully saturated rings. The Morgan fingerprint density at radius 1 is 1.24 bits per heavy atom. The van der Waals surface area contributed by atoms with Gasteiger partial charge in [-0.3, -0.25) is 0 Å². The maximum Gasteiger partial charge on any atom is 0.416 e. The number of ether oxygens (including phenoxy) is 1. The molecule has 9 nitrogen and oxygen atoms in total. The number of hydrogen-bond donors (Lipinski definition) is 3. The second kappa shape index (κ2) is 8.61. The molecule has 1 aliphatic rings. The second-order valence-corrected chi connectivity index (χ2v) is 7.88. The van der Waals surface area contributed by atoms with Crippen LogP contribution in [0.2, 0.25) is 0 Å². The molecule has 0 spiro atoms. The van der Waals surface area contributed by atoms with E-state index in [1.165, 1.54) is 17.5 Å². The average molecular weight is 473 g/mol. The monoisotopic (exact) mass is 473 g/mol. The molecule has 4 heterocycles. The maximum absolute atomic E-state index is 13.5. The quantitative estimate of drug-likeness (QED) is 0.408. The van der Waals surface area contributed by atoms with Crippen molar-refractivity contribution >= 4 is 23.0 Å². The molecular weight excluding hydrogens is 451 g/mol. The summed E-state index contributed by atoms with van der Waals surface area (Å²) in [5, 5.41) is 17.8. The van der Waals surface area contributed by atoms with Crippen LogP contribution < -0.4 is 10.2 Å². The Kier molecular flexibility index (Phi) is 5.62. The number of benzene rings is 1. The minimum Gasteiger partial charge on any atom is -0.390 e. The van der Waals surface area contributed by atoms with Crippen molar-refractivity contribution in [3.63, 3.8) is 0 Å². The highest BCUT2D eigenvalue weighted by molar-refractivity contribution is 5.80. The number of imidazole rings is 2. The van der Waals surface area contributed by atoms with Crippen LogP contribution in [0.5, 0.6) is 0 Å². The molecule has 0 amide bonds. The Morgan fingerprint density at radius 2 is 2.03 bits per heavy atom. The third-order valence-electron chi connectivity index (χ3n) is 5.81. The lowest BCUT2D eigenvalue weighted by atomic mass is 10.1. The number of fused-ring (bicyclic) bond motifs is 1. The van der Waals surface area contributed by atoms with Crippen LogP contribution in [0.4, 0.5) is 30.5 Å². The topological polar surface area (TPSA) is 104 Å². The number of anilines is 3. The highest BCUT2D eigenvalue weighted by Gasteiger charge is 2.33. The zero-order chi connectivity index (χ0) is 23.9. The first kappa shape index (κ1) is 22.2. The number of rotatable bonds is 5. The number of halogens is 3. The molecule has 1 aromatic carbocycles. The van der Waals surface area contributed by atoms with Crippen molar-refractivity contribution in [2.24, 2.45) is 0 Å². The van der Waals surface area contributed by atoms with Crippen molar-refractivity contribution in [1.29, 1.82) is 0 Å². The van der Waals surface area contributed by atoms with Gasteiger partial charge in [0.05, 0.1) is 43.6 Å². The number of alkyl halides is 3. The molecular formula is C22H22F3N7O2. The molecule has 5 rings (SSSR count). The predicted octanol–water partition coefficient (Wildman–Crippen LogP) is 3.52. The van der Waals surface area contributed by atoms with Crippen LogP contribution in [-0.2, 0) is 17.5 Å². The SMILES string of the molecule is Cc1c(Nc2c(CO)nc3c(-c4cnc[nH]4)cc(N4CCOCC4)nn23)cccc1C(F)(F)F. The van der Waals surface area contributed by atoms with Gasteiger partial charge >= 0.3 is 6.18 Å². The molecule has 3 aromatic heterocycles. The number of nitrogens with one attached hydrogen (secondary N) is 2. The Balaban J connectivity index is 1.69. The van der Waals surface area contributed by atoms with Crippen molar-refractivity contribution in [2.45, 2.75) is 19.7 Å². The van der Waals surface area contributed by atoms with Crippen LogP contribution in [0.1, 0.15) is 16.8 Å². The Hall–Kier alpha value is -3.64. The van der Waals surface area contributed by atoms with Crippen LogP contribution in [-0.4, -0.2) is 56.0 Å². The van der Waals surface area contributed by atoms with Gasteiger partial charge < -0.3 is 25.0 Å². The summed E-state index contributed by atoms with van der Waals surface area (Å²) in [7, 11) is 0. The normalized spacial score (nSPS) is 14.7. The van der Waals surface area contributed by atoms with Crippen LogP contribution in [0, 0.1) is 6.92 Å². The van der Waals surface area contributed by atoms with Crippen molar-refractivity contribution in [2.75, 3.05) is 36.5 Å². The molecule has 1 aliphatic heterocycles. The molecule has 4 aromatic rings. The summed E-state index contributed by atoms with van der Waals surface area (Å²) in [5.74, 6) is 0.932. The van der Waals surface area contributed by atoms with Crippen LogP contribution >= 0.6 is 0 Å². The fourth-order valence-electron chi connectivity index (χ4n) is 4.04. The fourth-order valence-corrected chi connectivity index (χ4v) is 4.04. The summed E-state index contributed by atoms with van der Waals surface area (Å²) in [5.41, 5.74) is 1.61. The van der Waals surface area contributed by atoms with Gasteiger partial charge in [-0.2, -0.15) is 17.7 Å². The number of aliphatic hydroxyl groups excluding tert-OH is 1. The molecule has 0 radical (unpaired) electrons. The van der Waals surface area contributed by atoms with Crippen LogP contribution in [0.25, 0.3) is 16.9 Å². The van der Waals surface area contributed by atoms with Crippen molar-refractivity contribution in [1.82, 2.24) is 24.6 Å². The Morgan fingerprint density at radius 3 is 2.71 bits per heavy atom. The van der Waals surface area contributed by atoms with Gasteiger partial charge in [-0.05, 0) is 30.7 Å². The summed E-state index contributed by atoms with van der Waals surface area (Å²) in [4.78, 5) is 13.8. The van der Waals surface area contributed by atoms with E-state index >= 15 is 0 Å². The summed E-state index contributed by atoms with van der Waals surface area (Å²) in [6.45, 7) is 3.35. The minimum absolute atomic E-state index is 0.0342. The summed E-state index contributed by atoms with van der Waals surface area (Å²) in [6, 6.07) is 5.80.